The molecule has 2 heterocycles. The number of rotatable bonds is 5. The number of nitrogens with one attached hydrogen (secondary N) is 2. The molecule has 4 saturated carbocycles. The molecule has 4 bridgehead atoms. The lowest BCUT2D eigenvalue weighted by atomic mass is 9.50. The Bertz CT molecular complexity index is 899. The topological polar surface area (TPSA) is 85.4 Å². The zero-order chi connectivity index (χ0) is 20.8. The molecule has 7 heteroatoms. The summed E-state index contributed by atoms with van der Waals surface area (Å²) in [6, 6.07) is 5.74. The quantitative estimate of drug-likeness (QED) is 0.736. The second-order valence-electron chi connectivity index (χ2n) is 9.89. The van der Waals surface area contributed by atoms with E-state index >= 15 is 0 Å². The minimum Gasteiger partial charge on any atom is -0.365 e. The minimum absolute atomic E-state index is 0.00887. The Morgan fingerprint density at radius 1 is 1.30 bits per heavy atom. The Morgan fingerprint density at radius 2 is 2.07 bits per heavy atom. The summed E-state index contributed by atoms with van der Waals surface area (Å²) in [6.45, 7) is 8.14. The van der Waals surface area contributed by atoms with Gasteiger partial charge in [0.15, 0.2) is 0 Å². The summed E-state index contributed by atoms with van der Waals surface area (Å²) in [6.07, 6.45) is 10.2. The number of aromatic nitrogens is 1. The molecule has 1 saturated heterocycles. The molecule has 0 spiro atoms. The van der Waals surface area contributed by atoms with Crippen molar-refractivity contribution >= 4 is 17.4 Å². The summed E-state index contributed by atoms with van der Waals surface area (Å²) < 4.78 is 0. The number of anilines is 1. The van der Waals surface area contributed by atoms with Crippen molar-refractivity contribution < 1.29 is 4.79 Å². The monoisotopic (exact) mass is 404 g/mol. The molecule has 30 heavy (non-hydrogen) atoms. The zero-order valence-corrected chi connectivity index (χ0v) is 17.2. The number of amides is 1. The minimum atomic E-state index is -0.256. The number of nitriles is 1. The number of hydrogen-bond donors (Lipinski definition) is 2. The predicted octanol–water partition coefficient (Wildman–Crippen LogP) is 3.24. The normalized spacial score (nSPS) is 36.3. The van der Waals surface area contributed by atoms with E-state index in [4.69, 9.17) is 6.57 Å². The number of hydrogen-bond acceptors (Lipinski definition) is 5. The lowest BCUT2D eigenvalue weighted by molar-refractivity contribution is -0.131. The van der Waals surface area contributed by atoms with Crippen LogP contribution in [0, 0.1) is 29.7 Å². The highest BCUT2D eigenvalue weighted by atomic mass is 16.2. The molecular formula is C23H28N6O. The third-order valence-electron chi connectivity index (χ3n) is 7.67. The Balaban J connectivity index is 1.29. The smallest absolute Gasteiger partial charge is 0.237 e. The highest BCUT2D eigenvalue weighted by Gasteiger charge is 2.57. The maximum Gasteiger partial charge on any atom is 0.237 e. The van der Waals surface area contributed by atoms with Crippen LogP contribution in [0.3, 0.4) is 0 Å². The van der Waals surface area contributed by atoms with Gasteiger partial charge in [0, 0.05) is 23.8 Å². The van der Waals surface area contributed by atoms with Crippen LogP contribution in [0.15, 0.2) is 18.3 Å². The maximum absolute atomic E-state index is 12.8. The third-order valence-corrected chi connectivity index (χ3v) is 7.67. The predicted molar refractivity (Wildman–Crippen MR) is 113 cm³/mol. The van der Waals surface area contributed by atoms with Crippen LogP contribution in [-0.2, 0) is 4.79 Å². The van der Waals surface area contributed by atoms with E-state index in [0.29, 0.717) is 30.6 Å². The molecule has 7 nitrogen and oxygen atoms in total. The molecule has 156 valence electrons. The molecule has 0 aromatic carbocycles. The summed E-state index contributed by atoms with van der Waals surface area (Å²) >= 11 is 0. The van der Waals surface area contributed by atoms with E-state index < -0.39 is 0 Å². The van der Waals surface area contributed by atoms with E-state index in [1.54, 1.807) is 11.1 Å². The highest BCUT2D eigenvalue weighted by Crippen LogP contribution is 2.58. The van der Waals surface area contributed by atoms with Gasteiger partial charge in [-0.3, -0.25) is 9.78 Å². The van der Waals surface area contributed by atoms with E-state index in [1.165, 1.54) is 6.42 Å². The standard InChI is InChI=1S/C23H28N6O/c1-25-18-4-5-20(26-13-18)28-23-10-16-7-17(11-23)9-22(8-16,15-23)27-14-21(30)29-6-2-3-19(29)12-24/h4-5,13,16-17,19,27H,2-3,6-11,14-15H2,(H,26,28)/t16?,17?,19-,22?,23?/m0/s1. The third kappa shape index (κ3) is 3.42. The number of pyridine rings is 1. The van der Waals surface area contributed by atoms with Crippen LogP contribution in [0.2, 0.25) is 0 Å². The van der Waals surface area contributed by atoms with Crippen molar-refractivity contribution in [1.29, 1.82) is 5.26 Å². The SMILES string of the molecule is [C-]#[N+]c1ccc(NC23CC4CC(CC(NCC(=O)N5CCC[C@H]5C#N)(C4)C2)C3)nc1. The maximum atomic E-state index is 12.8. The fraction of sp³-hybridized carbons (Fsp3) is 0.652. The van der Waals surface area contributed by atoms with Crippen LogP contribution in [0.5, 0.6) is 0 Å². The van der Waals surface area contributed by atoms with E-state index in [2.05, 4.69) is 26.5 Å². The van der Waals surface area contributed by atoms with Gasteiger partial charge < -0.3 is 15.5 Å². The lowest BCUT2D eigenvalue weighted by Crippen LogP contribution is -2.67. The zero-order valence-electron chi connectivity index (χ0n) is 17.2. The van der Waals surface area contributed by atoms with E-state index in [-0.39, 0.29) is 23.0 Å². The average molecular weight is 405 g/mol. The first kappa shape index (κ1) is 19.3. The molecule has 2 unspecified atom stereocenters. The molecular weight excluding hydrogens is 376 g/mol. The van der Waals surface area contributed by atoms with Crippen molar-refractivity contribution in [3.05, 3.63) is 29.7 Å². The summed E-state index contributed by atoms with van der Waals surface area (Å²) in [7, 11) is 0. The van der Waals surface area contributed by atoms with Crippen LogP contribution in [0.4, 0.5) is 11.5 Å². The van der Waals surface area contributed by atoms with Gasteiger partial charge in [-0.1, -0.05) is 6.07 Å². The van der Waals surface area contributed by atoms with E-state index in [0.717, 1.165) is 50.8 Å². The molecule has 0 radical (unpaired) electrons. The molecule has 6 rings (SSSR count). The number of likely N-dealkylation sites (tertiary alicyclic amines) is 1. The Morgan fingerprint density at radius 3 is 2.73 bits per heavy atom. The fourth-order valence-corrected chi connectivity index (χ4v) is 6.98. The van der Waals surface area contributed by atoms with Gasteiger partial charge in [0.05, 0.1) is 19.2 Å². The van der Waals surface area contributed by atoms with Crippen molar-refractivity contribution in [3.63, 3.8) is 0 Å². The van der Waals surface area contributed by atoms with Gasteiger partial charge in [-0.05, 0) is 69.3 Å². The van der Waals surface area contributed by atoms with Gasteiger partial charge in [0.2, 0.25) is 11.6 Å². The Hall–Kier alpha value is -2.64. The van der Waals surface area contributed by atoms with E-state index in [9.17, 15) is 10.1 Å². The molecule has 1 amide bonds. The fourth-order valence-electron chi connectivity index (χ4n) is 6.98. The molecule has 5 fully saturated rings. The van der Waals surface area contributed by atoms with E-state index in [1.807, 2.05) is 12.1 Å². The van der Waals surface area contributed by atoms with Crippen LogP contribution in [0.1, 0.15) is 51.4 Å². The van der Waals surface area contributed by atoms with Gasteiger partial charge >= 0.3 is 0 Å². The second kappa shape index (κ2) is 7.25. The molecule has 1 aromatic heterocycles. The van der Waals surface area contributed by atoms with Crippen molar-refractivity contribution in [3.8, 4) is 6.07 Å². The first-order chi connectivity index (χ1) is 14.5. The largest absolute Gasteiger partial charge is 0.365 e. The first-order valence-electron chi connectivity index (χ1n) is 11.1. The molecule has 1 aliphatic heterocycles. The molecule has 3 atom stereocenters. The van der Waals surface area contributed by atoms with Gasteiger partial charge in [-0.15, -0.1) is 0 Å². The van der Waals surface area contributed by atoms with Crippen molar-refractivity contribution in [2.24, 2.45) is 11.8 Å². The van der Waals surface area contributed by atoms with Crippen molar-refractivity contribution in [2.75, 3.05) is 18.4 Å². The second-order valence-corrected chi connectivity index (χ2v) is 9.89. The molecule has 2 N–H and O–H groups in total. The first-order valence-corrected chi connectivity index (χ1v) is 11.1. The van der Waals surface area contributed by atoms with Crippen LogP contribution >= 0.6 is 0 Å². The van der Waals surface area contributed by atoms with Crippen LogP contribution in [-0.4, -0.2) is 46.0 Å². The summed E-state index contributed by atoms with van der Waals surface area (Å²) in [5.41, 5.74) is 0.556. The lowest BCUT2D eigenvalue weighted by Gasteiger charge is -2.62. The number of nitrogens with zero attached hydrogens (tertiary/aromatic N) is 4. The Kier molecular flexibility index (Phi) is 4.67. The Labute approximate surface area is 177 Å². The number of carbonyl (C=O) groups is 1. The van der Waals surface area contributed by atoms with Gasteiger partial charge in [0.1, 0.15) is 11.9 Å². The van der Waals surface area contributed by atoms with Gasteiger partial charge in [0.25, 0.3) is 0 Å². The molecule has 5 aliphatic rings. The highest BCUT2D eigenvalue weighted by molar-refractivity contribution is 5.79. The summed E-state index contributed by atoms with van der Waals surface area (Å²) in [5.74, 6) is 2.24. The number of carbonyl (C=O) groups excluding carboxylic acids is 1. The average Bonchev–Trinajstić information content (AvgIpc) is 3.20. The van der Waals surface area contributed by atoms with Crippen LogP contribution in [0.25, 0.3) is 4.85 Å². The molecule has 1 aromatic rings. The van der Waals surface area contributed by atoms with Crippen LogP contribution < -0.4 is 10.6 Å². The molecule has 4 aliphatic carbocycles. The van der Waals surface area contributed by atoms with Gasteiger partial charge in [-0.25, -0.2) is 4.85 Å². The van der Waals surface area contributed by atoms with Crippen molar-refractivity contribution in [2.45, 2.75) is 68.5 Å². The van der Waals surface area contributed by atoms with Gasteiger partial charge in [-0.2, -0.15) is 5.26 Å². The summed E-state index contributed by atoms with van der Waals surface area (Å²) in [5, 5.41) is 16.7. The van der Waals surface area contributed by atoms with Crippen molar-refractivity contribution in [1.82, 2.24) is 15.2 Å². The summed E-state index contributed by atoms with van der Waals surface area (Å²) in [4.78, 5) is 22.4.